The van der Waals surface area contributed by atoms with Gasteiger partial charge in [0, 0.05) is 12.1 Å². The minimum Gasteiger partial charge on any atom is -0.439 e. The molecule has 0 aliphatic carbocycles. The van der Waals surface area contributed by atoms with Gasteiger partial charge in [-0.05, 0) is 0 Å². The molecule has 0 atom stereocenters. The second kappa shape index (κ2) is 3.15. The first-order chi connectivity index (χ1) is 6.72. The molecule has 76 valence electrons. The van der Waals surface area contributed by atoms with Crippen LogP contribution in [0, 0.1) is 0 Å². The van der Waals surface area contributed by atoms with Crippen molar-refractivity contribution in [3.63, 3.8) is 0 Å². The zero-order valence-electron chi connectivity index (χ0n) is 7.43. The summed E-state index contributed by atoms with van der Waals surface area (Å²) in [5.41, 5.74) is 12.3. The van der Waals surface area contributed by atoms with E-state index >= 15 is 0 Å². The molecule has 5 N–H and O–H groups in total. The van der Waals surface area contributed by atoms with Crippen molar-refractivity contribution in [3.8, 4) is 0 Å². The molecule has 2 rings (SSSR count). The fraction of sp³-hybridized carbons (Fsp3) is 0.250. The zero-order valence-corrected chi connectivity index (χ0v) is 7.43. The second-order valence-corrected chi connectivity index (χ2v) is 2.82. The van der Waals surface area contributed by atoms with Crippen molar-refractivity contribution in [1.29, 1.82) is 0 Å². The third-order valence-electron chi connectivity index (χ3n) is 1.80. The average molecular weight is 197 g/mol. The molecule has 2 aromatic rings. The van der Waals surface area contributed by atoms with Gasteiger partial charge in [0.15, 0.2) is 11.5 Å². The smallest absolute Gasteiger partial charge is 0.193 e. The fourth-order valence-corrected chi connectivity index (χ4v) is 1.28. The van der Waals surface area contributed by atoms with Gasteiger partial charge in [0.1, 0.15) is 17.9 Å². The number of nitrogen functional groups attached to an aromatic ring is 2. The Morgan fingerprint density at radius 1 is 1.43 bits per heavy atom. The van der Waals surface area contributed by atoms with E-state index in [9.17, 15) is 0 Å². The van der Waals surface area contributed by atoms with Crippen LogP contribution in [0.1, 0.15) is 0 Å². The summed E-state index contributed by atoms with van der Waals surface area (Å²) in [5.74, 6) is 0.712. The SMILES string of the molecule is Nc1cc2c(cc(N)n2OCCO)o1. The highest BCUT2D eigenvalue weighted by atomic mass is 16.7. The maximum Gasteiger partial charge on any atom is 0.193 e. The van der Waals surface area contributed by atoms with Crippen LogP contribution in [-0.2, 0) is 0 Å². The molecular formula is C8H11N3O3. The molecule has 0 amide bonds. The number of furan rings is 1. The molecule has 0 saturated heterocycles. The number of aromatic nitrogens is 1. The summed E-state index contributed by atoms with van der Waals surface area (Å²) in [5, 5.41) is 8.61. The Labute approximate surface area is 79.6 Å². The lowest BCUT2D eigenvalue weighted by molar-refractivity contribution is 0.0867. The highest BCUT2D eigenvalue weighted by molar-refractivity contribution is 5.81. The van der Waals surface area contributed by atoms with E-state index in [1.807, 2.05) is 0 Å². The lowest BCUT2D eigenvalue weighted by Crippen LogP contribution is -2.16. The number of aliphatic hydroxyl groups excluding tert-OH is 1. The van der Waals surface area contributed by atoms with Gasteiger partial charge in [-0.25, -0.2) is 0 Å². The summed E-state index contributed by atoms with van der Waals surface area (Å²) in [6.07, 6.45) is 0. The van der Waals surface area contributed by atoms with Crippen LogP contribution in [0.25, 0.3) is 11.1 Å². The highest BCUT2D eigenvalue weighted by Crippen LogP contribution is 2.25. The number of hydrogen-bond acceptors (Lipinski definition) is 5. The van der Waals surface area contributed by atoms with Crippen LogP contribution in [0.4, 0.5) is 11.7 Å². The predicted octanol–water partition coefficient (Wildman–Crippen LogP) is -0.180. The monoisotopic (exact) mass is 197 g/mol. The number of nitrogens with two attached hydrogens (primary N) is 2. The normalized spacial score (nSPS) is 10.9. The molecule has 0 fully saturated rings. The molecule has 0 radical (unpaired) electrons. The molecule has 0 bridgehead atoms. The Morgan fingerprint density at radius 3 is 2.93 bits per heavy atom. The van der Waals surface area contributed by atoms with Gasteiger partial charge < -0.3 is 25.8 Å². The Hall–Kier alpha value is -1.82. The van der Waals surface area contributed by atoms with Crippen molar-refractivity contribution in [2.45, 2.75) is 0 Å². The lowest BCUT2D eigenvalue weighted by atomic mass is 10.5. The Morgan fingerprint density at radius 2 is 2.21 bits per heavy atom. The molecule has 2 heterocycles. The molecule has 6 heteroatoms. The van der Waals surface area contributed by atoms with Crippen molar-refractivity contribution in [1.82, 2.24) is 4.73 Å². The average Bonchev–Trinajstić information content (AvgIpc) is 2.58. The van der Waals surface area contributed by atoms with Crippen molar-refractivity contribution in [3.05, 3.63) is 12.1 Å². The van der Waals surface area contributed by atoms with Crippen LogP contribution in [-0.4, -0.2) is 23.1 Å². The Balaban J connectivity index is 2.43. The summed E-state index contributed by atoms with van der Waals surface area (Å²) >= 11 is 0. The lowest BCUT2D eigenvalue weighted by Gasteiger charge is -2.06. The quantitative estimate of drug-likeness (QED) is 0.633. The first-order valence-electron chi connectivity index (χ1n) is 4.12. The molecule has 0 aliphatic rings. The van der Waals surface area contributed by atoms with E-state index in [1.54, 1.807) is 12.1 Å². The minimum absolute atomic E-state index is 0.0769. The number of aliphatic hydroxyl groups is 1. The van der Waals surface area contributed by atoms with Crippen molar-refractivity contribution in [2.24, 2.45) is 0 Å². The second-order valence-electron chi connectivity index (χ2n) is 2.82. The third-order valence-corrected chi connectivity index (χ3v) is 1.80. The largest absolute Gasteiger partial charge is 0.439 e. The van der Waals surface area contributed by atoms with E-state index < -0.39 is 0 Å². The van der Waals surface area contributed by atoms with Gasteiger partial charge in [-0.3, -0.25) is 0 Å². The standard InChI is InChI=1S/C8H11N3O3/c9-7-4-6-5(3-8(10)14-6)11(7)13-2-1-12/h3-4,12H,1-2,9-10H2. The van der Waals surface area contributed by atoms with Crippen LogP contribution >= 0.6 is 0 Å². The van der Waals surface area contributed by atoms with Gasteiger partial charge >= 0.3 is 0 Å². The first kappa shape index (κ1) is 8.76. The van der Waals surface area contributed by atoms with E-state index in [0.29, 0.717) is 22.8 Å². The van der Waals surface area contributed by atoms with Crippen molar-refractivity contribution >= 4 is 22.8 Å². The maximum atomic E-state index is 8.61. The van der Waals surface area contributed by atoms with Gasteiger partial charge in [0.25, 0.3) is 0 Å². The number of nitrogens with zero attached hydrogens (tertiary/aromatic N) is 1. The Kier molecular flexibility index (Phi) is 1.97. The summed E-state index contributed by atoms with van der Waals surface area (Å²) in [6.45, 7) is 0.0888. The predicted molar refractivity (Wildman–Crippen MR) is 51.6 cm³/mol. The van der Waals surface area contributed by atoms with Crippen LogP contribution in [0.15, 0.2) is 16.5 Å². The van der Waals surface area contributed by atoms with Gasteiger partial charge in [0.05, 0.1) is 6.61 Å². The number of rotatable bonds is 3. The first-order valence-corrected chi connectivity index (χ1v) is 4.12. The number of hydrogen-bond donors (Lipinski definition) is 3. The van der Waals surface area contributed by atoms with Crippen LogP contribution in [0.2, 0.25) is 0 Å². The van der Waals surface area contributed by atoms with Gasteiger partial charge in [-0.1, -0.05) is 0 Å². The summed E-state index contributed by atoms with van der Waals surface area (Å²) < 4.78 is 6.52. The summed E-state index contributed by atoms with van der Waals surface area (Å²) in [7, 11) is 0. The minimum atomic E-state index is -0.0769. The number of anilines is 2. The molecule has 2 aromatic heterocycles. The Bertz CT molecular complexity index is 446. The summed E-state index contributed by atoms with van der Waals surface area (Å²) in [6, 6.07) is 3.23. The van der Waals surface area contributed by atoms with Crippen molar-refractivity contribution in [2.75, 3.05) is 24.7 Å². The highest BCUT2D eigenvalue weighted by Gasteiger charge is 2.11. The van der Waals surface area contributed by atoms with E-state index in [1.165, 1.54) is 4.73 Å². The zero-order chi connectivity index (χ0) is 10.1. The van der Waals surface area contributed by atoms with Gasteiger partial charge in [-0.2, -0.15) is 4.73 Å². The molecule has 0 unspecified atom stereocenters. The fourth-order valence-electron chi connectivity index (χ4n) is 1.28. The van der Waals surface area contributed by atoms with E-state index in [4.69, 9.17) is 25.8 Å². The number of fused-ring (bicyclic) bond motifs is 1. The summed E-state index contributed by atoms with van der Waals surface area (Å²) in [4.78, 5) is 5.18. The molecular weight excluding hydrogens is 186 g/mol. The molecule has 0 spiro atoms. The molecule has 6 nitrogen and oxygen atoms in total. The van der Waals surface area contributed by atoms with Crippen molar-refractivity contribution < 1.29 is 14.4 Å². The van der Waals surface area contributed by atoms with Crippen LogP contribution < -0.4 is 16.3 Å². The van der Waals surface area contributed by atoms with E-state index in [2.05, 4.69) is 0 Å². The van der Waals surface area contributed by atoms with Gasteiger partial charge in [0.2, 0.25) is 0 Å². The maximum absolute atomic E-state index is 8.61. The van der Waals surface area contributed by atoms with Crippen LogP contribution in [0.5, 0.6) is 0 Å². The molecule has 0 aliphatic heterocycles. The third kappa shape index (κ3) is 1.25. The molecule has 0 saturated carbocycles. The van der Waals surface area contributed by atoms with Crippen LogP contribution in [0.3, 0.4) is 0 Å². The molecule has 14 heavy (non-hydrogen) atoms. The topological polar surface area (TPSA) is 99.6 Å². The van der Waals surface area contributed by atoms with Gasteiger partial charge in [-0.15, -0.1) is 0 Å². The van der Waals surface area contributed by atoms with E-state index in [0.717, 1.165) is 0 Å². The van der Waals surface area contributed by atoms with E-state index in [-0.39, 0.29) is 13.2 Å². The molecule has 0 aromatic carbocycles.